The summed E-state index contributed by atoms with van der Waals surface area (Å²) in [4.78, 5) is 17.1. The minimum Gasteiger partial charge on any atom is -0.481 e. The number of aliphatic carboxylic acids is 1. The third kappa shape index (κ3) is 2.64. The van der Waals surface area contributed by atoms with Crippen LogP contribution in [0, 0.1) is 0 Å². The van der Waals surface area contributed by atoms with Gasteiger partial charge in [0, 0.05) is 6.54 Å². The van der Waals surface area contributed by atoms with E-state index in [4.69, 9.17) is 5.11 Å². The van der Waals surface area contributed by atoms with Gasteiger partial charge in [0.25, 0.3) is 0 Å². The van der Waals surface area contributed by atoms with Gasteiger partial charge >= 0.3 is 5.97 Å². The maximum atomic E-state index is 10.8. The zero-order chi connectivity index (χ0) is 13.9. The number of hydrogen-bond acceptors (Lipinski definition) is 3. The maximum Gasteiger partial charge on any atom is 0.305 e. The Labute approximate surface area is 117 Å². The normalized spacial score (nSPS) is 17.8. The standard InChI is InChI=1S/C16H16N2O2/c19-16(20)8-15-9-17-11-18(15)10-12-5-6-13-3-1-2-4-14(13)7-12/h1-7,11,15H,8-10H2,(H,19,20)/t15-/m1/s1. The molecule has 1 atom stereocenters. The van der Waals surface area contributed by atoms with Crippen LogP contribution in [0.25, 0.3) is 10.8 Å². The van der Waals surface area contributed by atoms with E-state index in [-0.39, 0.29) is 12.5 Å². The summed E-state index contributed by atoms with van der Waals surface area (Å²) in [6.45, 7) is 1.27. The van der Waals surface area contributed by atoms with Crippen LogP contribution in [0.15, 0.2) is 47.5 Å². The van der Waals surface area contributed by atoms with Gasteiger partial charge in [-0.15, -0.1) is 0 Å². The lowest BCUT2D eigenvalue weighted by Crippen LogP contribution is -2.33. The minimum atomic E-state index is -0.774. The molecule has 0 spiro atoms. The molecule has 1 heterocycles. The molecule has 3 rings (SSSR count). The van der Waals surface area contributed by atoms with Crippen molar-refractivity contribution in [3.05, 3.63) is 48.0 Å². The monoisotopic (exact) mass is 268 g/mol. The van der Waals surface area contributed by atoms with E-state index in [0.717, 1.165) is 0 Å². The molecule has 0 amide bonds. The molecule has 4 heteroatoms. The van der Waals surface area contributed by atoms with E-state index >= 15 is 0 Å². The van der Waals surface area contributed by atoms with Gasteiger partial charge in [-0.05, 0) is 22.4 Å². The SMILES string of the molecule is O=C(O)C[C@@H]1CN=CN1Cc1ccc2ccccc2c1. The number of rotatable bonds is 4. The smallest absolute Gasteiger partial charge is 0.305 e. The summed E-state index contributed by atoms with van der Waals surface area (Å²) >= 11 is 0. The Balaban J connectivity index is 1.78. The molecule has 20 heavy (non-hydrogen) atoms. The van der Waals surface area contributed by atoms with Crippen molar-refractivity contribution in [2.75, 3.05) is 6.54 Å². The molecule has 2 aromatic rings. The molecule has 0 unspecified atom stereocenters. The van der Waals surface area contributed by atoms with Crippen molar-refractivity contribution in [2.24, 2.45) is 4.99 Å². The first-order valence-electron chi connectivity index (χ1n) is 6.67. The second-order valence-corrected chi connectivity index (χ2v) is 5.09. The first-order valence-corrected chi connectivity index (χ1v) is 6.67. The van der Waals surface area contributed by atoms with Crippen LogP contribution in [0.5, 0.6) is 0 Å². The lowest BCUT2D eigenvalue weighted by molar-refractivity contribution is -0.137. The van der Waals surface area contributed by atoms with Crippen molar-refractivity contribution in [3.63, 3.8) is 0 Å². The lowest BCUT2D eigenvalue weighted by Gasteiger charge is -2.22. The van der Waals surface area contributed by atoms with Crippen molar-refractivity contribution < 1.29 is 9.90 Å². The summed E-state index contributed by atoms with van der Waals surface area (Å²) < 4.78 is 0. The fraction of sp³-hybridized carbons (Fsp3) is 0.250. The van der Waals surface area contributed by atoms with E-state index in [1.54, 1.807) is 6.34 Å². The zero-order valence-electron chi connectivity index (χ0n) is 11.1. The molecule has 0 fully saturated rings. The van der Waals surface area contributed by atoms with Crippen LogP contribution in [-0.2, 0) is 11.3 Å². The molecular weight excluding hydrogens is 252 g/mol. The second-order valence-electron chi connectivity index (χ2n) is 5.09. The van der Waals surface area contributed by atoms with Crippen LogP contribution in [0.1, 0.15) is 12.0 Å². The van der Waals surface area contributed by atoms with Crippen molar-refractivity contribution in [2.45, 2.75) is 19.0 Å². The highest BCUT2D eigenvalue weighted by Gasteiger charge is 2.22. The van der Waals surface area contributed by atoms with Crippen LogP contribution >= 0.6 is 0 Å². The molecular formula is C16H16N2O2. The first-order chi connectivity index (χ1) is 9.72. The van der Waals surface area contributed by atoms with Gasteiger partial charge in [-0.3, -0.25) is 9.79 Å². The van der Waals surface area contributed by atoms with E-state index < -0.39 is 5.97 Å². The number of carbonyl (C=O) groups is 1. The molecule has 0 radical (unpaired) electrons. The molecule has 1 N–H and O–H groups in total. The molecule has 0 bridgehead atoms. The van der Waals surface area contributed by atoms with E-state index in [1.165, 1.54) is 16.3 Å². The van der Waals surface area contributed by atoms with Gasteiger partial charge in [-0.1, -0.05) is 36.4 Å². The van der Waals surface area contributed by atoms with Gasteiger partial charge in [-0.25, -0.2) is 0 Å². The van der Waals surface area contributed by atoms with Crippen molar-refractivity contribution in [1.82, 2.24) is 4.90 Å². The summed E-state index contributed by atoms with van der Waals surface area (Å²) in [6, 6.07) is 14.5. The number of carboxylic acid groups (broad SMARTS) is 1. The lowest BCUT2D eigenvalue weighted by atomic mass is 10.1. The Bertz CT molecular complexity index is 666. The van der Waals surface area contributed by atoms with E-state index in [2.05, 4.69) is 35.3 Å². The van der Waals surface area contributed by atoms with Crippen LogP contribution < -0.4 is 0 Å². The fourth-order valence-electron chi connectivity index (χ4n) is 2.57. The number of benzene rings is 2. The number of aliphatic imine (C=N–C) groups is 1. The molecule has 0 saturated carbocycles. The summed E-state index contributed by atoms with van der Waals surface area (Å²) in [5, 5.41) is 11.3. The van der Waals surface area contributed by atoms with Crippen LogP contribution in [0.4, 0.5) is 0 Å². The fourth-order valence-corrected chi connectivity index (χ4v) is 2.57. The third-order valence-corrected chi connectivity index (χ3v) is 3.60. The molecule has 1 aliphatic rings. The average Bonchev–Trinajstić information content (AvgIpc) is 2.85. The Morgan fingerprint density at radius 2 is 2.05 bits per heavy atom. The summed E-state index contributed by atoms with van der Waals surface area (Å²) in [5.41, 5.74) is 1.17. The summed E-state index contributed by atoms with van der Waals surface area (Å²) in [7, 11) is 0. The minimum absolute atomic E-state index is 0.0287. The number of nitrogens with zero attached hydrogens (tertiary/aromatic N) is 2. The highest BCUT2D eigenvalue weighted by atomic mass is 16.4. The number of fused-ring (bicyclic) bond motifs is 1. The highest BCUT2D eigenvalue weighted by Crippen LogP contribution is 2.19. The number of hydrogen-bond donors (Lipinski definition) is 1. The Kier molecular flexibility index (Phi) is 3.37. The largest absolute Gasteiger partial charge is 0.481 e. The quantitative estimate of drug-likeness (QED) is 0.927. The first kappa shape index (κ1) is 12.7. The van der Waals surface area contributed by atoms with E-state index in [9.17, 15) is 4.79 Å². The molecule has 4 nitrogen and oxygen atoms in total. The predicted molar refractivity (Wildman–Crippen MR) is 78.9 cm³/mol. The van der Waals surface area contributed by atoms with Gasteiger partial charge in [0.15, 0.2) is 0 Å². The second kappa shape index (κ2) is 5.33. The molecule has 0 aliphatic carbocycles. The van der Waals surface area contributed by atoms with Crippen molar-refractivity contribution in [1.29, 1.82) is 0 Å². The third-order valence-electron chi connectivity index (χ3n) is 3.60. The Morgan fingerprint density at radius 1 is 1.25 bits per heavy atom. The molecule has 2 aromatic carbocycles. The van der Waals surface area contributed by atoms with Gasteiger partial charge in [0.1, 0.15) is 0 Å². The van der Waals surface area contributed by atoms with Crippen molar-refractivity contribution in [3.8, 4) is 0 Å². The van der Waals surface area contributed by atoms with Gasteiger partial charge in [-0.2, -0.15) is 0 Å². The van der Waals surface area contributed by atoms with Crippen LogP contribution in [-0.4, -0.2) is 34.9 Å². The summed E-state index contributed by atoms with van der Waals surface area (Å²) in [5.74, 6) is -0.774. The summed E-state index contributed by atoms with van der Waals surface area (Å²) in [6.07, 6.45) is 1.90. The van der Waals surface area contributed by atoms with E-state index in [0.29, 0.717) is 13.1 Å². The van der Waals surface area contributed by atoms with Gasteiger partial charge < -0.3 is 10.0 Å². The van der Waals surface area contributed by atoms with Gasteiger partial charge in [0.05, 0.1) is 25.3 Å². The molecule has 102 valence electrons. The van der Waals surface area contributed by atoms with Crippen molar-refractivity contribution >= 4 is 23.1 Å². The van der Waals surface area contributed by atoms with E-state index in [1.807, 2.05) is 17.0 Å². The maximum absolute atomic E-state index is 10.8. The molecule has 0 saturated heterocycles. The average molecular weight is 268 g/mol. The highest BCUT2D eigenvalue weighted by molar-refractivity contribution is 5.83. The predicted octanol–water partition coefficient (Wildman–Crippen LogP) is 2.53. The number of carboxylic acids is 1. The Morgan fingerprint density at radius 3 is 2.85 bits per heavy atom. The van der Waals surface area contributed by atoms with Gasteiger partial charge in [0.2, 0.25) is 0 Å². The van der Waals surface area contributed by atoms with Crippen LogP contribution in [0.3, 0.4) is 0 Å². The molecule has 1 aliphatic heterocycles. The zero-order valence-corrected chi connectivity index (χ0v) is 11.1. The van der Waals surface area contributed by atoms with Crippen LogP contribution in [0.2, 0.25) is 0 Å². The Hall–Kier alpha value is -2.36. The topological polar surface area (TPSA) is 52.9 Å². The molecule has 0 aromatic heterocycles.